The summed E-state index contributed by atoms with van der Waals surface area (Å²) < 4.78 is 0. The average molecular weight is 331 g/mol. The van der Waals surface area contributed by atoms with Crippen LogP contribution in [0.4, 0.5) is 5.69 Å². The van der Waals surface area contributed by atoms with E-state index in [0.717, 1.165) is 0 Å². The predicted molar refractivity (Wildman–Crippen MR) is 93.1 cm³/mol. The summed E-state index contributed by atoms with van der Waals surface area (Å²) in [5.74, 6) is -0.489. The normalized spacial score (nSPS) is 11.0. The van der Waals surface area contributed by atoms with Crippen molar-refractivity contribution in [2.45, 2.75) is 26.3 Å². The van der Waals surface area contributed by atoms with Crippen LogP contribution in [0.25, 0.3) is 0 Å². The minimum absolute atomic E-state index is 0.210. The Labute approximate surface area is 140 Å². The second kappa shape index (κ2) is 6.84. The Hall–Kier alpha value is -2.33. The van der Waals surface area contributed by atoms with E-state index in [9.17, 15) is 9.59 Å². The Balaban J connectivity index is 2.14. The van der Waals surface area contributed by atoms with Gasteiger partial charge in [0.25, 0.3) is 11.8 Å². The number of hydrogen-bond acceptors (Lipinski definition) is 2. The number of hydrogen-bond donors (Lipinski definition) is 2. The zero-order chi connectivity index (χ0) is 17.0. The fraction of sp³-hybridized carbons (Fsp3) is 0.222. The average Bonchev–Trinajstić information content (AvgIpc) is 2.48. The van der Waals surface area contributed by atoms with E-state index in [4.69, 9.17) is 11.6 Å². The van der Waals surface area contributed by atoms with Gasteiger partial charge in [-0.05, 0) is 63.2 Å². The smallest absolute Gasteiger partial charge is 0.255 e. The van der Waals surface area contributed by atoms with Crippen LogP contribution in [0.2, 0.25) is 5.02 Å². The van der Waals surface area contributed by atoms with Crippen molar-refractivity contribution < 1.29 is 9.59 Å². The van der Waals surface area contributed by atoms with E-state index in [1.165, 1.54) is 0 Å². The molecule has 0 aromatic heterocycles. The third-order valence-electron chi connectivity index (χ3n) is 2.98. The van der Waals surface area contributed by atoms with Gasteiger partial charge in [0.15, 0.2) is 0 Å². The first-order valence-electron chi connectivity index (χ1n) is 7.24. The summed E-state index contributed by atoms with van der Waals surface area (Å²) in [6.45, 7) is 5.71. The summed E-state index contributed by atoms with van der Waals surface area (Å²) in [5, 5.41) is 6.24. The Morgan fingerprint density at radius 3 is 2.04 bits per heavy atom. The molecule has 120 valence electrons. The second-order valence-corrected chi connectivity index (χ2v) is 6.68. The summed E-state index contributed by atoms with van der Waals surface area (Å²) in [7, 11) is 0. The highest BCUT2D eigenvalue weighted by Gasteiger charge is 2.16. The van der Waals surface area contributed by atoms with Gasteiger partial charge in [0.1, 0.15) is 0 Å². The zero-order valence-electron chi connectivity index (χ0n) is 13.3. The SMILES string of the molecule is CC(C)(C)NC(=O)c1cccc(C(=O)Nc2ccc(Cl)cc2)c1. The summed E-state index contributed by atoms with van der Waals surface area (Å²) in [6.07, 6.45) is 0. The molecule has 0 saturated carbocycles. The van der Waals surface area contributed by atoms with E-state index in [0.29, 0.717) is 21.8 Å². The number of carbonyl (C=O) groups excluding carboxylic acids is 2. The topological polar surface area (TPSA) is 58.2 Å². The number of amides is 2. The summed E-state index contributed by atoms with van der Waals surface area (Å²) in [6, 6.07) is 13.4. The minimum atomic E-state index is -0.335. The standard InChI is InChI=1S/C18H19ClN2O2/c1-18(2,3)21-17(23)13-6-4-5-12(11-13)16(22)20-15-9-7-14(19)8-10-15/h4-11H,1-3H3,(H,20,22)(H,21,23). The Bertz CT molecular complexity index is 719. The van der Waals surface area contributed by atoms with E-state index < -0.39 is 0 Å². The molecule has 0 spiro atoms. The molecule has 0 aliphatic heterocycles. The van der Waals surface area contributed by atoms with Crippen LogP contribution in [-0.4, -0.2) is 17.4 Å². The van der Waals surface area contributed by atoms with Crippen molar-refractivity contribution in [1.82, 2.24) is 5.32 Å². The molecule has 0 atom stereocenters. The molecular weight excluding hydrogens is 312 g/mol. The lowest BCUT2D eigenvalue weighted by atomic mass is 10.1. The van der Waals surface area contributed by atoms with E-state index >= 15 is 0 Å². The lowest BCUT2D eigenvalue weighted by molar-refractivity contribution is 0.0919. The van der Waals surface area contributed by atoms with Crippen LogP contribution in [0.15, 0.2) is 48.5 Å². The molecule has 0 aliphatic carbocycles. The molecule has 0 radical (unpaired) electrons. The van der Waals surface area contributed by atoms with E-state index in [-0.39, 0.29) is 17.4 Å². The van der Waals surface area contributed by atoms with Crippen molar-refractivity contribution in [2.75, 3.05) is 5.32 Å². The fourth-order valence-corrected chi connectivity index (χ4v) is 2.08. The molecule has 2 rings (SSSR count). The third kappa shape index (κ3) is 5.11. The van der Waals surface area contributed by atoms with Gasteiger partial charge in [0.05, 0.1) is 0 Å². The molecule has 2 aromatic rings. The van der Waals surface area contributed by atoms with E-state index in [1.54, 1.807) is 48.5 Å². The van der Waals surface area contributed by atoms with Gasteiger partial charge in [-0.15, -0.1) is 0 Å². The van der Waals surface area contributed by atoms with Gasteiger partial charge in [-0.2, -0.15) is 0 Å². The Morgan fingerprint density at radius 2 is 1.48 bits per heavy atom. The van der Waals surface area contributed by atoms with Crippen molar-refractivity contribution in [2.24, 2.45) is 0 Å². The molecule has 4 nitrogen and oxygen atoms in total. The van der Waals surface area contributed by atoms with Crippen LogP contribution in [0.1, 0.15) is 41.5 Å². The number of nitrogens with one attached hydrogen (secondary N) is 2. The minimum Gasteiger partial charge on any atom is -0.347 e. The second-order valence-electron chi connectivity index (χ2n) is 6.25. The predicted octanol–water partition coefficient (Wildman–Crippen LogP) is 4.12. The number of carbonyl (C=O) groups is 2. The van der Waals surface area contributed by atoms with Crippen LogP contribution < -0.4 is 10.6 Å². The molecular formula is C18H19ClN2O2. The van der Waals surface area contributed by atoms with Crippen LogP contribution in [0.5, 0.6) is 0 Å². The van der Waals surface area contributed by atoms with Gasteiger partial charge >= 0.3 is 0 Å². The highest BCUT2D eigenvalue weighted by Crippen LogP contribution is 2.15. The maximum atomic E-state index is 12.3. The lowest BCUT2D eigenvalue weighted by Crippen LogP contribution is -2.40. The molecule has 0 saturated heterocycles. The van der Waals surface area contributed by atoms with Crippen molar-refractivity contribution in [3.63, 3.8) is 0 Å². The molecule has 23 heavy (non-hydrogen) atoms. The monoisotopic (exact) mass is 330 g/mol. The van der Waals surface area contributed by atoms with Gasteiger partial charge in [0, 0.05) is 27.4 Å². The van der Waals surface area contributed by atoms with Crippen molar-refractivity contribution in [3.05, 3.63) is 64.7 Å². The molecule has 0 unspecified atom stereocenters. The lowest BCUT2D eigenvalue weighted by Gasteiger charge is -2.20. The summed E-state index contributed by atoms with van der Waals surface area (Å²) >= 11 is 5.82. The van der Waals surface area contributed by atoms with E-state index in [2.05, 4.69) is 10.6 Å². The maximum Gasteiger partial charge on any atom is 0.255 e. The van der Waals surface area contributed by atoms with Crippen LogP contribution in [-0.2, 0) is 0 Å². The number of halogens is 1. The molecule has 2 aromatic carbocycles. The third-order valence-corrected chi connectivity index (χ3v) is 3.23. The molecule has 0 fully saturated rings. The molecule has 2 N–H and O–H groups in total. The molecule has 0 heterocycles. The Kier molecular flexibility index (Phi) is 5.06. The summed E-state index contributed by atoms with van der Waals surface area (Å²) in [5.41, 5.74) is 1.17. The van der Waals surface area contributed by atoms with Crippen LogP contribution in [0, 0.1) is 0 Å². The largest absolute Gasteiger partial charge is 0.347 e. The Morgan fingerprint density at radius 1 is 0.913 bits per heavy atom. The van der Waals surface area contributed by atoms with Gasteiger partial charge in [-0.25, -0.2) is 0 Å². The molecule has 0 aliphatic rings. The first kappa shape index (κ1) is 17.0. The summed E-state index contributed by atoms with van der Waals surface area (Å²) in [4.78, 5) is 24.5. The molecule has 5 heteroatoms. The van der Waals surface area contributed by atoms with Crippen LogP contribution in [0.3, 0.4) is 0 Å². The highest BCUT2D eigenvalue weighted by atomic mass is 35.5. The van der Waals surface area contributed by atoms with Crippen molar-refractivity contribution >= 4 is 29.1 Å². The van der Waals surface area contributed by atoms with Crippen LogP contribution >= 0.6 is 11.6 Å². The highest BCUT2D eigenvalue weighted by molar-refractivity contribution is 6.30. The van der Waals surface area contributed by atoms with Gasteiger partial charge in [-0.3, -0.25) is 9.59 Å². The van der Waals surface area contributed by atoms with Gasteiger partial charge < -0.3 is 10.6 Å². The van der Waals surface area contributed by atoms with Gasteiger partial charge in [-0.1, -0.05) is 17.7 Å². The van der Waals surface area contributed by atoms with Gasteiger partial charge in [0.2, 0.25) is 0 Å². The molecule has 0 bridgehead atoms. The maximum absolute atomic E-state index is 12.3. The number of benzene rings is 2. The first-order valence-corrected chi connectivity index (χ1v) is 7.62. The first-order chi connectivity index (χ1) is 10.7. The molecule has 2 amide bonds. The van der Waals surface area contributed by atoms with E-state index in [1.807, 2.05) is 20.8 Å². The van der Waals surface area contributed by atoms with Crippen molar-refractivity contribution in [3.8, 4) is 0 Å². The quantitative estimate of drug-likeness (QED) is 0.889. The zero-order valence-corrected chi connectivity index (χ0v) is 14.1. The fourth-order valence-electron chi connectivity index (χ4n) is 1.95. The number of anilines is 1. The van der Waals surface area contributed by atoms with Crippen molar-refractivity contribution in [1.29, 1.82) is 0 Å². The number of rotatable bonds is 3.